The summed E-state index contributed by atoms with van der Waals surface area (Å²) in [6.45, 7) is 2.83. The fourth-order valence-electron chi connectivity index (χ4n) is 2.65. The van der Waals surface area contributed by atoms with Gasteiger partial charge in [-0.15, -0.1) is 0 Å². The van der Waals surface area contributed by atoms with Crippen LogP contribution < -0.4 is 0 Å². The van der Waals surface area contributed by atoms with Gasteiger partial charge in [0.25, 0.3) is 0 Å². The highest BCUT2D eigenvalue weighted by Crippen LogP contribution is 2.44. The van der Waals surface area contributed by atoms with Crippen LogP contribution in [0.2, 0.25) is 0 Å². The van der Waals surface area contributed by atoms with Crippen LogP contribution in [0.4, 0.5) is 0 Å². The molecule has 5 atom stereocenters. The molecule has 18 heavy (non-hydrogen) atoms. The van der Waals surface area contributed by atoms with E-state index in [0.29, 0.717) is 0 Å². The summed E-state index contributed by atoms with van der Waals surface area (Å²) in [5.41, 5.74) is 7.31. The normalized spacial score (nSPS) is 46.3. The van der Waals surface area contributed by atoms with Gasteiger partial charge >= 0.3 is 0 Å². The van der Waals surface area contributed by atoms with Crippen LogP contribution in [-0.4, -0.2) is 57.7 Å². The number of rotatable bonds is 2. The van der Waals surface area contributed by atoms with Gasteiger partial charge in [0.1, 0.15) is 23.9 Å². The summed E-state index contributed by atoms with van der Waals surface area (Å²) in [5.74, 6) is -0.966. The second kappa shape index (κ2) is 4.34. The number of aliphatic hydroxyl groups is 3. The first-order valence-corrected chi connectivity index (χ1v) is 5.74. The van der Waals surface area contributed by atoms with Crippen molar-refractivity contribution in [3.8, 4) is 0 Å². The molecule has 0 spiro atoms. The number of azide groups is 1. The lowest BCUT2D eigenvalue weighted by atomic mass is 9.75. The molecule has 3 N–H and O–H groups in total. The maximum absolute atomic E-state index is 9.90. The first kappa shape index (κ1) is 13.5. The molecule has 0 aromatic carbocycles. The van der Waals surface area contributed by atoms with Crippen molar-refractivity contribution in [1.82, 2.24) is 0 Å². The number of nitrogens with zero attached hydrogens (tertiary/aromatic N) is 3. The van der Waals surface area contributed by atoms with Crippen LogP contribution in [-0.2, 0) is 9.47 Å². The molecule has 1 aliphatic heterocycles. The van der Waals surface area contributed by atoms with Gasteiger partial charge in [0.2, 0.25) is 0 Å². The lowest BCUT2D eigenvalue weighted by molar-refractivity contribution is -0.159. The molecule has 2 fully saturated rings. The molecule has 0 radical (unpaired) electrons. The molecule has 1 saturated carbocycles. The number of ether oxygens (including phenoxy) is 2. The standard InChI is InChI=1S/C10H17N3O5/c1-9(2)17-7-6(16)5(15)3-10(4-14,12-13-11)8(7)18-9/h5-8,14-16H,3-4H2,1-2H3/t5-,6-,7+,8+,10+/m1/s1. The molecule has 102 valence electrons. The van der Waals surface area contributed by atoms with Gasteiger partial charge in [-0.05, 0) is 25.8 Å². The highest BCUT2D eigenvalue weighted by molar-refractivity contribution is 5.11. The van der Waals surface area contributed by atoms with E-state index in [-0.39, 0.29) is 6.42 Å². The van der Waals surface area contributed by atoms with Gasteiger partial charge < -0.3 is 24.8 Å². The molecule has 1 saturated heterocycles. The van der Waals surface area contributed by atoms with E-state index in [4.69, 9.17) is 15.0 Å². The molecule has 0 bridgehead atoms. The topological polar surface area (TPSA) is 128 Å². The van der Waals surface area contributed by atoms with Crippen molar-refractivity contribution >= 4 is 0 Å². The van der Waals surface area contributed by atoms with Gasteiger partial charge in [-0.2, -0.15) is 0 Å². The van der Waals surface area contributed by atoms with E-state index in [9.17, 15) is 15.3 Å². The van der Waals surface area contributed by atoms with Gasteiger partial charge in [-0.3, -0.25) is 0 Å². The summed E-state index contributed by atoms with van der Waals surface area (Å²) in [4.78, 5) is 2.71. The Morgan fingerprint density at radius 3 is 2.61 bits per heavy atom. The Bertz CT molecular complexity index is 384. The van der Waals surface area contributed by atoms with Crippen molar-refractivity contribution in [3.05, 3.63) is 10.4 Å². The first-order chi connectivity index (χ1) is 8.35. The summed E-state index contributed by atoms with van der Waals surface area (Å²) < 4.78 is 11.1. The third-order valence-electron chi connectivity index (χ3n) is 3.47. The lowest BCUT2D eigenvalue weighted by Gasteiger charge is -2.43. The fraction of sp³-hybridized carbons (Fsp3) is 1.00. The van der Waals surface area contributed by atoms with Gasteiger partial charge in [-0.1, -0.05) is 5.11 Å². The average Bonchev–Trinajstić information content (AvgIpc) is 2.63. The lowest BCUT2D eigenvalue weighted by Crippen LogP contribution is -2.62. The minimum absolute atomic E-state index is 0.0741. The van der Waals surface area contributed by atoms with E-state index in [0.717, 1.165) is 0 Å². The van der Waals surface area contributed by atoms with Crippen molar-refractivity contribution < 1.29 is 24.8 Å². The molecule has 0 unspecified atom stereocenters. The Morgan fingerprint density at radius 1 is 1.39 bits per heavy atom. The summed E-state index contributed by atoms with van der Waals surface area (Å²) >= 11 is 0. The van der Waals surface area contributed by atoms with Crippen molar-refractivity contribution in [2.45, 2.75) is 56.0 Å². The quantitative estimate of drug-likeness (QED) is 0.355. The molecule has 0 aromatic rings. The Kier molecular flexibility index (Phi) is 3.26. The maximum atomic E-state index is 9.90. The zero-order valence-corrected chi connectivity index (χ0v) is 10.2. The Morgan fingerprint density at radius 2 is 2.06 bits per heavy atom. The van der Waals surface area contributed by atoms with Crippen LogP contribution in [0.15, 0.2) is 5.11 Å². The second-order valence-electron chi connectivity index (χ2n) is 5.23. The van der Waals surface area contributed by atoms with E-state index in [2.05, 4.69) is 10.0 Å². The van der Waals surface area contributed by atoms with Crippen LogP contribution in [0, 0.1) is 0 Å². The molecule has 0 aromatic heterocycles. The SMILES string of the molecule is CC1(C)O[C@H]2[C@H](O)[C@H](O)C[C@@](CO)(N=[N+]=[N-])[C@H]2O1. The molecule has 1 heterocycles. The predicted octanol–water partition coefficient (Wildman–Crippen LogP) is -0.327. The number of aliphatic hydroxyl groups excluding tert-OH is 3. The highest BCUT2D eigenvalue weighted by atomic mass is 16.8. The van der Waals surface area contributed by atoms with Crippen LogP contribution in [0.3, 0.4) is 0 Å². The van der Waals surface area contributed by atoms with Crippen molar-refractivity contribution in [2.75, 3.05) is 6.61 Å². The summed E-state index contributed by atoms with van der Waals surface area (Å²) in [6, 6.07) is 0. The second-order valence-corrected chi connectivity index (χ2v) is 5.23. The van der Waals surface area contributed by atoms with Gasteiger partial charge in [0, 0.05) is 4.91 Å². The molecular weight excluding hydrogens is 242 g/mol. The van der Waals surface area contributed by atoms with E-state index < -0.39 is 42.3 Å². The van der Waals surface area contributed by atoms with Gasteiger partial charge in [-0.25, -0.2) is 0 Å². The highest BCUT2D eigenvalue weighted by Gasteiger charge is 2.60. The third-order valence-corrected chi connectivity index (χ3v) is 3.47. The minimum Gasteiger partial charge on any atom is -0.396 e. The first-order valence-electron chi connectivity index (χ1n) is 5.74. The Labute approximate surface area is 104 Å². The minimum atomic E-state index is -1.31. The van der Waals surface area contributed by atoms with Crippen LogP contribution in [0.25, 0.3) is 10.4 Å². The summed E-state index contributed by atoms with van der Waals surface area (Å²) in [7, 11) is 0. The monoisotopic (exact) mass is 259 g/mol. The molecule has 8 heteroatoms. The summed E-state index contributed by atoms with van der Waals surface area (Å²) in [5, 5.41) is 32.8. The molecular formula is C10H17N3O5. The fourth-order valence-corrected chi connectivity index (χ4v) is 2.65. The number of hydrogen-bond acceptors (Lipinski definition) is 6. The van der Waals surface area contributed by atoms with E-state index in [1.54, 1.807) is 13.8 Å². The number of fused-ring (bicyclic) bond motifs is 1. The summed E-state index contributed by atoms with van der Waals surface area (Å²) in [6.07, 6.45) is -3.96. The Hall–Kier alpha value is -0.890. The molecule has 1 aliphatic carbocycles. The van der Waals surface area contributed by atoms with Crippen molar-refractivity contribution in [1.29, 1.82) is 0 Å². The third kappa shape index (κ3) is 1.97. The molecule has 0 amide bonds. The zero-order valence-electron chi connectivity index (χ0n) is 10.2. The van der Waals surface area contributed by atoms with E-state index >= 15 is 0 Å². The molecule has 8 nitrogen and oxygen atoms in total. The predicted molar refractivity (Wildman–Crippen MR) is 59.4 cm³/mol. The van der Waals surface area contributed by atoms with Crippen molar-refractivity contribution in [2.24, 2.45) is 5.11 Å². The maximum Gasteiger partial charge on any atom is 0.163 e. The van der Waals surface area contributed by atoms with Gasteiger partial charge in [0.15, 0.2) is 5.79 Å². The van der Waals surface area contributed by atoms with E-state index in [1.807, 2.05) is 0 Å². The molecule has 2 aliphatic rings. The zero-order chi connectivity index (χ0) is 13.6. The van der Waals surface area contributed by atoms with E-state index in [1.165, 1.54) is 0 Å². The molecule has 2 rings (SSSR count). The smallest absolute Gasteiger partial charge is 0.163 e. The van der Waals surface area contributed by atoms with Crippen LogP contribution in [0.1, 0.15) is 20.3 Å². The van der Waals surface area contributed by atoms with Crippen LogP contribution >= 0.6 is 0 Å². The van der Waals surface area contributed by atoms with Crippen LogP contribution in [0.5, 0.6) is 0 Å². The Balaban J connectivity index is 2.40. The largest absolute Gasteiger partial charge is 0.396 e. The van der Waals surface area contributed by atoms with Gasteiger partial charge in [0.05, 0.1) is 12.7 Å². The average molecular weight is 259 g/mol. The van der Waals surface area contributed by atoms with Crippen molar-refractivity contribution in [3.63, 3.8) is 0 Å². The number of hydrogen-bond donors (Lipinski definition) is 3.